The number of hydrogen-bond acceptors (Lipinski definition) is 6. The summed E-state index contributed by atoms with van der Waals surface area (Å²) in [6.07, 6.45) is 3.39. The molecule has 0 aliphatic heterocycles. The van der Waals surface area contributed by atoms with Crippen molar-refractivity contribution in [1.29, 1.82) is 0 Å². The van der Waals surface area contributed by atoms with Gasteiger partial charge in [-0.25, -0.2) is 4.98 Å². The Balaban J connectivity index is 1.94. The molecule has 0 radical (unpaired) electrons. The Morgan fingerprint density at radius 3 is 2.64 bits per heavy atom. The fourth-order valence-electron chi connectivity index (χ4n) is 2.96. The molecule has 0 atom stereocenters. The Morgan fingerprint density at radius 2 is 2.00 bits per heavy atom. The average molecular weight is 377 g/mol. The van der Waals surface area contributed by atoms with Crippen LogP contribution in [0.25, 0.3) is 11.3 Å². The quantitative estimate of drug-likeness (QED) is 0.567. The Morgan fingerprint density at radius 1 is 1.18 bits per heavy atom. The van der Waals surface area contributed by atoms with Crippen molar-refractivity contribution in [3.05, 3.63) is 59.9 Å². The topological polar surface area (TPSA) is 100 Å². The number of aromatic nitrogens is 3. The van der Waals surface area contributed by atoms with E-state index in [1.54, 1.807) is 12.4 Å². The summed E-state index contributed by atoms with van der Waals surface area (Å²) in [5.74, 6) is 0.280. The van der Waals surface area contributed by atoms with Gasteiger partial charge < -0.3 is 15.7 Å². The molecule has 0 fully saturated rings. The largest absolute Gasteiger partial charge is 0.480 e. The van der Waals surface area contributed by atoms with Gasteiger partial charge in [-0.2, -0.15) is 4.98 Å². The molecule has 0 unspecified atom stereocenters. The van der Waals surface area contributed by atoms with E-state index in [4.69, 9.17) is 5.11 Å². The van der Waals surface area contributed by atoms with E-state index in [0.717, 1.165) is 11.3 Å². The van der Waals surface area contributed by atoms with Gasteiger partial charge >= 0.3 is 5.97 Å². The van der Waals surface area contributed by atoms with Gasteiger partial charge in [-0.1, -0.05) is 19.9 Å². The zero-order valence-corrected chi connectivity index (χ0v) is 16.1. The minimum absolute atomic E-state index is 0.238. The molecule has 144 valence electrons. The molecule has 3 rings (SSSR count). The van der Waals surface area contributed by atoms with Crippen LogP contribution in [0.2, 0.25) is 0 Å². The predicted molar refractivity (Wildman–Crippen MR) is 110 cm³/mol. The molecule has 3 N–H and O–H groups in total. The number of anilines is 3. The Bertz CT molecular complexity index is 974. The van der Waals surface area contributed by atoms with E-state index in [-0.39, 0.29) is 12.5 Å². The highest BCUT2D eigenvalue weighted by Gasteiger charge is 2.10. The zero-order valence-electron chi connectivity index (χ0n) is 16.1. The maximum Gasteiger partial charge on any atom is 0.322 e. The smallest absolute Gasteiger partial charge is 0.322 e. The lowest BCUT2D eigenvalue weighted by Gasteiger charge is -2.14. The number of aryl methyl sites for hydroxylation is 1. The van der Waals surface area contributed by atoms with Gasteiger partial charge in [0.15, 0.2) is 0 Å². The average Bonchev–Trinajstić information content (AvgIpc) is 2.66. The molecule has 3 aromatic rings. The molecular formula is C21H23N5O2. The number of aliphatic carboxylic acids is 1. The highest BCUT2D eigenvalue weighted by atomic mass is 16.4. The summed E-state index contributed by atoms with van der Waals surface area (Å²) < 4.78 is 0. The van der Waals surface area contributed by atoms with Crippen molar-refractivity contribution in [2.45, 2.75) is 26.7 Å². The number of carboxylic acids is 1. The lowest BCUT2D eigenvalue weighted by molar-refractivity contribution is -0.134. The standard InChI is InChI=1S/C21H23N5O2/c1-13(2)17-7-6-16(9-14(17)3)24-19-10-18(15-5-4-8-22-11-15)25-21(26-19)23-12-20(27)28/h4-11,13H,12H2,1-3H3,(H,27,28)(H2,23,24,25,26). The van der Waals surface area contributed by atoms with Crippen LogP contribution in [0.3, 0.4) is 0 Å². The van der Waals surface area contributed by atoms with Crippen molar-refractivity contribution in [3.8, 4) is 11.3 Å². The number of carboxylic acid groups (broad SMARTS) is 1. The highest BCUT2D eigenvalue weighted by molar-refractivity contribution is 5.73. The van der Waals surface area contributed by atoms with Crippen LogP contribution in [-0.4, -0.2) is 32.6 Å². The molecule has 7 heteroatoms. The van der Waals surface area contributed by atoms with Gasteiger partial charge in [-0.05, 0) is 48.2 Å². The lowest BCUT2D eigenvalue weighted by Crippen LogP contribution is -2.15. The highest BCUT2D eigenvalue weighted by Crippen LogP contribution is 2.26. The Kier molecular flexibility index (Phi) is 5.84. The molecule has 28 heavy (non-hydrogen) atoms. The van der Waals surface area contributed by atoms with Gasteiger partial charge in [0.05, 0.1) is 5.69 Å². The molecule has 2 heterocycles. The van der Waals surface area contributed by atoms with E-state index in [2.05, 4.69) is 58.5 Å². The van der Waals surface area contributed by atoms with Crippen molar-refractivity contribution in [2.24, 2.45) is 0 Å². The second-order valence-corrected chi connectivity index (χ2v) is 6.80. The van der Waals surface area contributed by atoms with Crippen LogP contribution in [0.1, 0.15) is 30.9 Å². The fourth-order valence-corrected chi connectivity index (χ4v) is 2.96. The summed E-state index contributed by atoms with van der Waals surface area (Å²) in [6, 6.07) is 11.7. The third kappa shape index (κ3) is 4.82. The molecule has 0 saturated heterocycles. The SMILES string of the molecule is Cc1cc(Nc2cc(-c3cccnc3)nc(NCC(=O)O)n2)ccc1C(C)C. The first kappa shape index (κ1) is 19.3. The Labute approximate surface area is 163 Å². The van der Waals surface area contributed by atoms with Crippen LogP contribution in [0.15, 0.2) is 48.8 Å². The number of nitrogens with one attached hydrogen (secondary N) is 2. The zero-order chi connectivity index (χ0) is 20.1. The van der Waals surface area contributed by atoms with Crippen LogP contribution in [-0.2, 0) is 4.79 Å². The third-order valence-corrected chi connectivity index (χ3v) is 4.25. The second-order valence-electron chi connectivity index (χ2n) is 6.80. The van der Waals surface area contributed by atoms with Gasteiger partial charge in [-0.3, -0.25) is 9.78 Å². The fraction of sp³-hybridized carbons (Fsp3) is 0.238. The molecule has 0 spiro atoms. The van der Waals surface area contributed by atoms with E-state index in [9.17, 15) is 4.79 Å². The summed E-state index contributed by atoms with van der Waals surface area (Å²) >= 11 is 0. The number of benzene rings is 1. The molecule has 1 aromatic carbocycles. The van der Waals surface area contributed by atoms with Crippen molar-refractivity contribution < 1.29 is 9.90 Å². The van der Waals surface area contributed by atoms with Gasteiger partial charge in [0.25, 0.3) is 0 Å². The maximum atomic E-state index is 10.9. The molecular weight excluding hydrogens is 354 g/mol. The molecule has 0 amide bonds. The van der Waals surface area contributed by atoms with Crippen LogP contribution < -0.4 is 10.6 Å². The monoisotopic (exact) mass is 377 g/mol. The number of hydrogen-bond donors (Lipinski definition) is 3. The molecule has 0 bridgehead atoms. The van der Waals surface area contributed by atoms with Crippen LogP contribution in [0.4, 0.5) is 17.5 Å². The summed E-state index contributed by atoms with van der Waals surface area (Å²) in [7, 11) is 0. The van der Waals surface area contributed by atoms with Crippen LogP contribution in [0, 0.1) is 6.92 Å². The predicted octanol–water partition coefficient (Wildman–Crippen LogP) is 4.21. The third-order valence-electron chi connectivity index (χ3n) is 4.25. The normalized spacial score (nSPS) is 10.7. The van der Waals surface area contributed by atoms with Gasteiger partial charge in [-0.15, -0.1) is 0 Å². The first-order chi connectivity index (χ1) is 13.4. The molecule has 0 aliphatic carbocycles. The van der Waals surface area contributed by atoms with E-state index in [1.807, 2.05) is 24.3 Å². The first-order valence-electron chi connectivity index (χ1n) is 9.05. The summed E-state index contributed by atoms with van der Waals surface area (Å²) in [5.41, 5.74) is 4.87. The van der Waals surface area contributed by atoms with Crippen molar-refractivity contribution >= 4 is 23.4 Å². The minimum atomic E-state index is -0.982. The van der Waals surface area contributed by atoms with E-state index >= 15 is 0 Å². The van der Waals surface area contributed by atoms with Gasteiger partial charge in [0.2, 0.25) is 5.95 Å². The summed E-state index contributed by atoms with van der Waals surface area (Å²) in [6.45, 7) is 6.15. The van der Waals surface area contributed by atoms with Crippen LogP contribution in [0.5, 0.6) is 0 Å². The van der Waals surface area contributed by atoms with Crippen molar-refractivity contribution in [2.75, 3.05) is 17.2 Å². The minimum Gasteiger partial charge on any atom is -0.480 e. The number of rotatable bonds is 7. The van der Waals surface area contributed by atoms with Crippen molar-refractivity contribution in [1.82, 2.24) is 15.0 Å². The molecule has 2 aromatic heterocycles. The number of carbonyl (C=O) groups is 1. The van der Waals surface area contributed by atoms with E-state index in [1.165, 1.54) is 11.1 Å². The number of nitrogens with zero attached hydrogens (tertiary/aromatic N) is 3. The maximum absolute atomic E-state index is 10.9. The van der Waals surface area contributed by atoms with Gasteiger partial charge in [0.1, 0.15) is 12.4 Å². The van der Waals surface area contributed by atoms with E-state index in [0.29, 0.717) is 17.4 Å². The number of pyridine rings is 1. The first-order valence-corrected chi connectivity index (χ1v) is 9.05. The molecule has 0 aliphatic rings. The molecule has 0 saturated carbocycles. The second kappa shape index (κ2) is 8.47. The molecule has 7 nitrogen and oxygen atoms in total. The van der Waals surface area contributed by atoms with Gasteiger partial charge in [0, 0.05) is 29.7 Å². The van der Waals surface area contributed by atoms with Crippen LogP contribution >= 0.6 is 0 Å². The summed E-state index contributed by atoms with van der Waals surface area (Å²) in [5, 5.41) is 14.9. The van der Waals surface area contributed by atoms with E-state index < -0.39 is 5.97 Å². The Hall–Kier alpha value is -3.48. The summed E-state index contributed by atoms with van der Waals surface area (Å²) in [4.78, 5) is 23.8. The van der Waals surface area contributed by atoms with Crippen molar-refractivity contribution in [3.63, 3.8) is 0 Å². The lowest BCUT2D eigenvalue weighted by atomic mass is 9.98.